The molecule has 1 fully saturated rings. The van der Waals surface area contributed by atoms with Gasteiger partial charge in [-0.15, -0.1) is 0 Å². The molecule has 0 unspecified atom stereocenters. The molecule has 2 amide bonds. The maximum Gasteiger partial charge on any atom is 0.253 e. The van der Waals surface area contributed by atoms with E-state index in [0.29, 0.717) is 42.5 Å². The van der Waals surface area contributed by atoms with Crippen LogP contribution in [0.4, 0.5) is 4.39 Å². The van der Waals surface area contributed by atoms with Crippen LogP contribution in [0, 0.1) is 5.82 Å². The molecule has 0 aliphatic carbocycles. The van der Waals surface area contributed by atoms with Crippen molar-refractivity contribution >= 4 is 33.6 Å². The summed E-state index contributed by atoms with van der Waals surface area (Å²) in [5.74, 6) is -0.619. The van der Waals surface area contributed by atoms with Gasteiger partial charge in [-0.3, -0.25) is 14.4 Å². The highest BCUT2D eigenvalue weighted by atomic mass is 19.1. The van der Waals surface area contributed by atoms with Gasteiger partial charge in [-0.2, -0.15) is 0 Å². The number of hydrogen-bond donors (Lipinski definition) is 0. The number of carbonyl (C=O) groups excluding carboxylic acids is 2. The van der Waals surface area contributed by atoms with Crippen molar-refractivity contribution in [1.82, 2.24) is 14.4 Å². The quantitative estimate of drug-likeness (QED) is 0.457. The number of carbonyl (C=O) groups is 2. The van der Waals surface area contributed by atoms with Gasteiger partial charge in [0.05, 0.1) is 11.0 Å². The van der Waals surface area contributed by atoms with E-state index in [1.54, 1.807) is 21.9 Å². The number of pyridine rings is 1. The summed E-state index contributed by atoms with van der Waals surface area (Å²) in [7, 11) is 0. The van der Waals surface area contributed by atoms with Crippen LogP contribution in [-0.4, -0.2) is 52.4 Å². The Kier molecular flexibility index (Phi) is 5.38. The Morgan fingerprint density at radius 3 is 1.82 bits per heavy atom. The summed E-state index contributed by atoms with van der Waals surface area (Å²) in [5.41, 5.74) is 1.83. The fraction of sp³-hybridized carbons (Fsp3) is 0.192. The molecule has 166 valence electrons. The third-order valence-electron chi connectivity index (χ3n) is 6.18. The number of halogens is 1. The number of amides is 2. The Morgan fingerprint density at radius 1 is 0.727 bits per heavy atom. The van der Waals surface area contributed by atoms with E-state index in [9.17, 15) is 18.8 Å². The molecule has 0 bridgehead atoms. The molecule has 3 aromatic carbocycles. The van der Waals surface area contributed by atoms with E-state index in [4.69, 9.17) is 0 Å². The number of benzene rings is 3. The smallest absolute Gasteiger partial charge is 0.253 e. The molecular weight excluding hydrogens is 421 g/mol. The second-order valence-corrected chi connectivity index (χ2v) is 8.13. The van der Waals surface area contributed by atoms with Gasteiger partial charge >= 0.3 is 0 Å². The number of para-hydroxylation sites is 2. The lowest BCUT2D eigenvalue weighted by Crippen LogP contribution is -2.51. The van der Waals surface area contributed by atoms with Crippen LogP contribution >= 0.6 is 0 Å². The molecule has 33 heavy (non-hydrogen) atoms. The van der Waals surface area contributed by atoms with Gasteiger partial charge in [0.2, 0.25) is 5.91 Å². The highest BCUT2D eigenvalue weighted by molar-refractivity contribution is 5.95. The van der Waals surface area contributed by atoms with Crippen molar-refractivity contribution < 1.29 is 14.0 Å². The number of fused-ring (bicyclic) bond motifs is 2. The molecule has 1 aliphatic rings. The number of rotatable bonds is 3. The Bertz CT molecular complexity index is 1360. The Balaban J connectivity index is 1.36. The number of aromatic nitrogens is 1. The van der Waals surface area contributed by atoms with Gasteiger partial charge in [0.25, 0.3) is 5.91 Å². The molecular formula is C26H22FN3O3. The maximum absolute atomic E-state index is 13.2. The zero-order valence-electron chi connectivity index (χ0n) is 17.9. The monoisotopic (exact) mass is 443 g/mol. The van der Waals surface area contributed by atoms with Gasteiger partial charge < -0.3 is 14.4 Å². The highest BCUT2D eigenvalue weighted by Crippen LogP contribution is 2.20. The lowest BCUT2D eigenvalue weighted by molar-refractivity contribution is -0.133. The summed E-state index contributed by atoms with van der Waals surface area (Å²) in [4.78, 5) is 42.2. The lowest BCUT2D eigenvalue weighted by Gasteiger charge is -2.35. The topological polar surface area (TPSA) is 62.6 Å². The fourth-order valence-corrected chi connectivity index (χ4v) is 4.42. The van der Waals surface area contributed by atoms with Crippen molar-refractivity contribution in [2.45, 2.75) is 6.54 Å². The minimum absolute atomic E-state index is 0.0437. The molecule has 1 saturated heterocycles. The molecule has 0 N–H and O–H groups in total. The van der Waals surface area contributed by atoms with Gasteiger partial charge in [0, 0.05) is 42.5 Å². The van der Waals surface area contributed by atoms with E-state index < -0.39 is 0 Å². The van der Waals surface area contributed by atoms with Crippen LogP contribution in [0.5, 0.6) is 0 Å². The van der Waals surface area contributed by atoms with Gasteiger partial charge in [-0.05, 0) is 48.5 Å². The number of hydrogen-bond acceptors (Lipinski definition) is 3. The fourth-order valence-electron chi connectivity index (χ4n) is 4.42. The van der Waals surface area contributed by atoms with E-state index in [2.05, 4.69) is 0 Å². The molecule has 1 aromatic heterocycles. The Hall–Kier alpha value is -4.00. The summed E-state index contributed by atoms with van der Waals surface area (Å²) in [6.45, 7) is 1.76. The highest BCUT2D eigenvalue weighted by Gasteiger charge is 2.25. The SMILES string of the molecule is O=C(Cn1c2ccccc2c(=O)c2ccccc21)N1CCN(C(=O)c2ccc(F)cc2)CC1. The van der Waals surface area contributed by atoms with E-state index in [1.807, 2.05) is 41.0 Å². The average Bonchev–Trinajstić information content (AvgIpc) is 2.86. The third kappa shape index (κ3) is 3.86. The molecule has 5 rings (SSSR count). The van der Waals surface area contributed by atoms with Crippen LogP contribution in [0.1, 0.15) is 10.4 Å². The summed E-state index contributed by atoms with van der Waals surface area (Å²) in [6.07, 6.45) is 0. The number of nitrogens with zero attached hydrogens (tertiary/aromatic N) is 3. The third-order valence-corrected chi connectivity index (χ3v) is 6.18. The predicted molar refractivity (Wildman–Crippen MR) is 125 cm³/mol. The molecule has 4 aromatic rings. The first-order valence-electron chi connectivity index (χ1n) is 10.9. The molecule has 0 spiro atoms. The van der Waals surface area contributed by atoms with Gasteiger partial charge in [0.15, 0.2) is 5.43 Å². The second-order valence-electron chi connectivity index (χ2n) is 8.13. The predicted octanol–water partition coefficient (Wildman–Crippen LogP) is 3.28. The normalized spacial score (nSPS) is 14.1. The van der Waals surface area contributed by atoms with Gasteiger partial charge in [-0.1, -0.05) is 24.3 Å². The van der Waals surface area contributed by atoms with Crippen LogP contribution < -0.4 is 5.43 Å². The molecule has 7 heteroatoms. The molecule has 0 radical (unpaired) electrons. The van der Waals surface area contributed by atoms with Crippen LogP contribution in [0.2, 0.25) is 0 Å². The van der Waals surface area contributed by atoms with Crippen molar-refractivity contribution in [1.29, 1.82) is 0 Å². The van der Waals surface area contributed by atoms with E-state index in [0.717, 1.165) is 11.0 Å². The first-order chi connectivity index (χ1) is 16.0. The molecule has 0 saturated carbocycles. The van der Waals surface area contributed by atoms with Crippen LogP contribution in [0.15, 0.2) is 77.6 Å². The van der Waals surface area contributed by atoms with Crippen molar-refractivity contribution in [2.24, 2.45) is 0 Å². The minimum Gasteiger partial charge on any atom is -0.338 e. The maximum atomic E-state index is 13.2. The van der Waals surface area contributed by atoms with Crippen LogP contribution in [0.25, 0.3) is 21.8 Å². The summed E-state index contributed by atoms with van der Waals surface area (Å²) >= 11 is 0. The first-order valence-corrected chi connectivity index (χ1v) is 10.9. The van der Waals surface area contributed by atoms with Crippen molar-refractivity contribution in [3.63, 3.8) is 0 Å². The largest absolute Gasteiger partial charge is 0.338 e. The summed E-state index contributed by atoms with van der Waals surface area (Å²) in [5, 5.41) is 1.16. The Labute approximate surface area is 189 Å². The van der Waals surface area contributed by atoms with Crippen molar-refractivity contribution in [3.05, 3.63) is 94.4 Å². The second kappa shape index (κ2) is 8.50. The van der Waals surface area contributed by atoms with Gasteiger partial charge in [0.1, 0.15) is 12.4 Å². The lowest BCUT2D eigenvalue weighted by atomic mass is 10.1. The van der Waals surface area contributed by atoms with E-state index in [-0.39, 0.29) is 29.6 Å². The summed E-state index contributed by atoms with van der Waals surface area (Å²) in [6, 6.07) is 20.1. The van der Waals surface area contributed by atoms with Crippen LogP contribution in [0.3, 0.4) is 0 Å². The van der Waals surface area contributed by atoms with Crippen LogP contribution in [-0.2, 0) is 11.3 Å². The van der Waals surface area contributed by atoms with Crippen molar-refractivity contribution in [3.8, 4) is 0 Å². The van der Waals surface area contributed by atoms with E-state index in [1.165, 1.54) is 24.3 Å². The minimum atomic E-state index is -0.385. The molecule has 0 atom stereocenters. The summed E-state index contributed by atoms with van der Waals surface area (Å²) < 4.78 is 15.0. The zero-order valence-corrected chi connectivity index (χ0v) is 17.9. The van der Waals surface area contributed by atoms with E-state index >= 15 is 0 Å². The Morgan fingerprint density at radius 2 is 1.24 bits per heavy atom. The zero-order chi connectivity index (χ0) is 22.9. The molecule has 2 heterocycles. The van der Waals surface area contributed by atoms with Crippen molar-refractivity contribution in [2.75, 3.05) is 26.2 Å². The van der Waals surface area contributed by atoms with Gasteiger partial charge in [-0.25, -0.2) is 4.39 Å². The first kappa shape index (κ1) is 20.9. The standard InChI is InChI=1S/C26H22FN3O3/c27-19-11-9-18(10-12-19)26(33)29-15-13-28(14-16-29)24(31)17-30-22-7-3-1-5-20(22)25(32)21-6-2-4-8-23(21)30/h1-12H,13-17H2. The average molecular weight is 443 g/mol. The molecule has 6 nitrogen and oxygen atoms in total. The molecule has 1 aliphatic heterocycles. The number of piperazine rings is 1.